The van der Waals surface area contributed by atoms with Gasteiger partial charge in [0.25, 0.3) is 0 Å². The second-order valence-electron chi connectivity index (χ2n) is 6.47. The van der Waals surface area contributed by atoms with Crippen LogP contribution in [0.2, 0.25) is 0 Å². The van der Waals surface area contributed by atoms with Crippen LogP contribution in [0.4, 0.5) is 0 Å². The van der Waals surface area contributed by atoms with Crippen LogP contribution in [0.5, 0.6) is 0 Å². The van der Waals surface area contributed by atoms with Crippen LogP contribution in [0.1, 0.15) is 51.8 Å². The highest BCUT2D eigenvalue weighted by Crippen LogP contribution is 2.36. The summed E-state index contributed by atoms with van der Waals surface area (Å²) in [4.78, 5) is 15.2. The number of hydrogen-bond acceptors (Lipinski definition) is 4. The molecule has 0 unspecified atom stereocenters. The Morgan fingerprint density at radius 3 is 2.33 bits per heavy atom. The van der Waals surface area contributed by atoms with E-state index in [-0.39, 0.29) is 22.7 Å². The first-order valence-corrected chi connectivity index (χ1v) is 7.14. The molecule has 3 N–H and O–H groups in total. The summed E-state index contributed by atoms with van der Waals surface area (Å²) in [5, 5.41) is 0. The Hall–Kier alpha value is -1.37. The van der Waals surface area contributed by atoms with Crippen molar-refractivity contribution in [3.05, 3.63) is 39.7 Å². The molecule has 2 rings (SSSR count). The van der Waals surface area contributed by atoms with Gasteiger partial charge >= 0.3 is 7.12 Å². The van der Waals surface area contributed by atoms with E-state index in [1.165, 1.54) is 0 Å². The lowest BCUT2D eigenvalue weighted by Crippen LogP contribution is -2.41. The van der Waals surface area contributed by atoms with E-state index in [9.17, 15) is 4.79 Å². The van der Waals surface area contributed by atoms with Crippen LogP contribution in [-0.4, -0.2) is 23.3 Å². The number of rotatable bonds is 3. The van der Waals surface area contributed by atoms with E-state index in [0.717, 1.165) is 0 Å². The molecule has 6 heteroatoms. The topological polar surface area (TPSA) is 77.3 Å². The van der Waals surface area contributed by atoms with E-state index >= 15 is 0 Å². The van der Waals surface area contributed by atoms with Gasteiger partial charge in [-0.05, 0) is 34.6 Å². The van der Waals surface area contributed by atoms with Crippen LogP contribution >= 0.6 is 0 Å². The summed E-state index contributed by atoms with van der Waals surface area (Å²) in [7, 11) is -0.464. The fraction of sp³-hybridized carbons (Fsp3) is 0.533. The molecule has 1 atom stereocenters. The Morgan fingerprint density at radius 2 is 1.81 bits per heavy atom. The lowest BCUT2D eigenvalue weighted by atomic mass is 9.89. The van der Waals surface area contributed by atoms with Crippen molar-refractivity contribution in [2.24, 2.45) is 5.73 Å². The van der Waals surface area contributed by atoms with Gasteiger partial charge in [-0.3, -0.25) is 4.79 Å². The number of pyridine rings is 1. The molecule has 1 fully saturated rings. The smallest absolute Gasteiger partial charge is 0.400 e. The Kier molecular flexibility index (Phi) is 4.15. The van der Waals surface area contributed by atoms with Crippen LogP contribution < -0.4 is 11.2 Å². The first kappa shape index (κ1) is 16.0. The van der Waals surface area contributed by atoms with Gasteiger partial charge in [-0.25, -0.2) is 0 Å². The number of hydrogen-bond donors (Lipinski definition) is 2. The highest BCUT2D eigenvalue weighted by Gasteiger charge is 2.50. The summed E-state index contributed by atoms with van der Waals surface area (Å²) < 4.78 is 11.7. The Bertz CT molecular complexity index is 589. The van der Waals surface area contributed by atoms with Crippen molar-refractivity contribution in [1.29, 1.82) is 0 Å². The molecule has 0 amide bonds. The van der Waals surface area contributed by atoms with Crippen LogP contribution in [0, 0.1) is 0 Å². The molecule has 0 spiro atoms. The largest absolute Gasteiger partial charge is 0.487 e. The fourth-order valence-electron chi connectivity index (χ4n) is 2.13. The predicted molar refractivity (Wildman–Crippen MR) is 84.8 cm³/mol. The molecule has 1 saturated heterocycles. The zero-order valence-corrected chi connectivity index (χ0v) is 13.3. The average Bonchev–Trinajstić information content (AvgIpc) is 2.56. The molecule has 5 nitrogen and oxygen atoms in total. The summed E-state index contributed by atoms with van der Waals surface area (Å²) in [5.74, 6) is 1.76. The Balaban J connectivity index is 2.21. The summed E-state index contributed by atoms with van der Waals surface area (Å²) >= 11 is 0. The molecular weight excluding hydrogens is 267 g/mol. The zero-order valence-electron chi connectivity index (χ0n) is 13.3. The van der Waals surface area contributed by atoms with E-state index in [0.29, 0.717) is 11.1 Å². The lowest BCUT2D eigenvalue weighted by molar-refractivity contribution is 0.00578. The predicted octanol–water partition coefficient (Wildman–Crippen LogP) is 2.04. The number of nitrogens with one attached hydrogen (secondary N) is 1. The highest BCUT2D eigenvalue weighted by atomic mass is 16.7. The lowest BCUT2D eigenvalue weighted by Gasteiger charge is -2.32. The quantitative estimate of drug-likeness (QED) is 0.835. The van der Waals surface area contributed by atoms with Gasteiger partial charge in [-0.2, -0.15) is 0 Å². The monoisotopic (exact) mass is 290 g/mol. The summed E-state index contributed by atoms with van der Waals surface area (Å²) in [5.41, 5.74) is 6.04. The van der Waals surface area contributed by atoms with Gasteiger partial charge in [-0.1, -0.05) is 12.1 Å². The van der Waals surface area contributed by atoms with E-state index in [2.05, 4.69) is 4.98 Å². The van der Waals surface area contributed by atoms with E-state index in [4.69, 9.17) is 15.0 Å². The second kappa shape index (κ2) is 5.44. The zero-order chi connectivity index (χ0) is 15.8. The van der Waals surface area contributed by atoms with Gasteiger partial charge in [0.2, 0.25) is 0 Å². The minimum atomic E-state index is -0.464. The number of H-pyrrole nitrogens is 1. The molecule has 0 bridgehead atoms. The molecular formula is C15H23BN2O3. The van der Waals surface area contributed by atoms with Gasteiger partial charge < -0.3 is 20.0 Å². The molecule has 21 heavy (non-hydrogen) atoms. The molecule has 1 aliphatic heterocycles. The highest BCUT2D eigenvalue weighted by molar-refractivity contribution is 6.52. The van der Waals surface area contributed by atoms with Crippen molar-refractivity contribution < 1.29 is 9.31 Å². The number of nitrogens with two attached hydrogens (primary N) is 1. The summed E-state index contributed by atoms with van der Waals surface area (Å²) in [6, 6.07) is -0.307. The molecule has 0 radical (unpaired) electrons. The Morgan fingerprint density at radius 1 is 1.24 bits per heavy atom. The minimum absolute atomic E-state index is 0.0727. The van der Waals surface area contributed by atoms with E-state index in [1.807, 2.05) is 27.7 Å². The van der Waals surface area contributed by atoms with Crippen molar-refractivity contribution in [1.82, 2.24) is 4.98 Å². The molecule has 114 valence electrons. The maximum atomic E-state index is 12.2. The van der Waals surface area contributed by atoms with Crippen LogP contribution in [0.15, 0.2) is 23.2 Å². The third kappa shape index (κ3) is 3.12. The van der Waals surface area contributed by atoms with Crippen molar-refractivity contribution >= 4 is 13.2 Å². The maximum Gasteiger partial charge on any atom is 0.487 e. The van der Waals surface area contributed by atoms with E-state index in [1.54, 1.807) is 31.4 Å². The van der Waals surface area contributed by atoms with Crippen molar-refractivity contribution in [3.63, 3.8) is 0 Å². The molecule has 2 heterocycles. The third-order valence-corrected chi connectivity index (χ3v) is 4.20. The fourth-order valence-corrected chi connectivity index (χ4v) is 2.13. The van der Waals surface area contributed by atoms with Crippen LogP contribution in [0.3, 0.4) is 0 Å². The van der Waals surface area contributed by atoms with Crippen LogP contribution in [0.25, 0.3) is 6.08 Å². The SMILES string of the molecule is C[C@H](N)c1c[nH]cc(/C=C/B2OC(C)(C)C(C)(C)O2)c1=O. The molecule has 1 aromatic heterocycles. The summed E-state index contributed by atoms with van der Waals surface area (Å²) in [6.07, 6.45) is 5.00. The minimum Gasteiger partial charge on any atom is -0.400 e. The maximum absolute atomic E-state index is 12.2. The van der Waals surface area contributed by atoms with Crippen molar-refractivity contribution in [2.45, 2.75) is 51.9 Å². The first-order chi connectivity index (χ1) is 9.64. The third-order valence-electron chi connectivity index (χ3n) is 4.20. The average molecular weight is 290 g/mol. The molecule has 0 saturated carbocycles. The Labute approximate surface area is 125 Å². The van der Waals surface area contributed by atoms with Crippen LogP contribution in [-0.2, 0) is 9.31 Å². The first-order valence-electron chi connectivity index (χ1n) is 7.14. The van der Waals surface area contributed by atoms with Gasteiger partial charge in [0.1, 0.15) is 0 Å². The van der Waals surface area contributed by atoms with Gasteiger partial charge in [0, 0.05) is 29.6 Å². The van der Waals surface area contributed by atoms with E-state index < -0.39 is 7.12 Å². The number of aromatic amines is 1. The molecule has 0 aliphatic carbocycles. The normalized spacial score (nSPS) is 21.9. The second-order valence-corrected chi connectivity index (χ2v) is 6.47. The van der Waals surface area contributed by atoms with Gasteiger partial charge in [0.05, 0.1) is 11.2 Å². The number of aromatic nitrogens is 1. The van der Waals surface area contributed by atoms with Gasteiger partial charge in [-0.15, -0.1) is 0 Å². The standard InChI is InChI=1S/C15H23BN2O3/c1-10(17)12-9-18-8-11(13(12)19)6-7-16-20-14(2,3)15(4,5)21-16/h6-10H,17H2,1-5H3,(H,18,19)/b7-6+/t10-/m0/s1. The molecule has 1 aromatic rings. The molecule has 0 aromatic carbocycles. The summed E-state index contributed by atoms with van der Waals surface area (Å²) in [6.45, 7) is 9.75. The molecule has 1 aliphatic rings. The van der Waals surface area contributed by atoms with Crippen molar-refractivity contribution in [3.8, 4) is 0 Å². The van der Waals surface area contributed by atoms with Gasteiger partial charge in [0.15, 0.2) is 5.43 Å². The van der Waals surface area contributed by atoms with Crippen molar-refractivity contribution in [2.75, 3.05) is 0 Å².